The van der Waals surface area contributed by atoms with Gasteiger partial charge in [-0.15, -0.1) is 0 Å². The summed E-state index contributed by atoms with van der Waals surface area (Å²) in [4.78, 5) is 15.8. The van der Waals surface area contributed by atoms with E-state index in [9.17, 15) is 4.79 Å². The molecule has 154 valence electrons. The fourth-order valence-corrected chi connectivity index (χ4v) is 7.49. The predicted octanol–water partition coefficient (Wildman–Crippen LogP) is 5.97. The summed E-state index contributed by atoms with van der Waals surface area (Å²) in [5.74, 6) is 2.04. The van der Waals surface area contributed by atoms with Crippen molar-refractivity contribution in [3.05, 3.63) is 47.8 Å². The quantitative estimate of drug-likeness (QED) is 0.583. The number of nitrogens with zero attached hydrogens (tertiary/aromatic N) is 1. The summed E-state index contributed by atoms with van der Waals surface area (Å²) >= 11 is 0. The molecule has 0 amide bonds. The summed E-state index contributed by atoms with van der Waals surface area (Å²) in [7, 11) is 0. The molecule has 3 heteroatoms. The van der Waals surface area contributed by atoms with Crippen LogP contribution in [0.3, 0.4) is 0 Å². The van der Waals surface area contributed by atoms with E-state index in [1.807, 2.05) is 12.4 Å². The molecule has 0 N–H and O–H groups in total. The van der Waals surface area contributed by atoms with Crippen molar-refractivity contribution in [3.63, 3.8) is 0 Å². The highest BCUT2D eigenvalue weighted by Crippen LogP contribution is 2.66. The number of allylic oxidation sites excluding steroid dienone is 4. The van der Waals surface area contributed by atoms with Gasteiger partial charge in [0, 0.05) is 24.7 Å². The van der Waals surface area contributed by atoms with Gasteiger partial charge in [-0.05, 0) is 85.3 Å². The lowest BCUT2D eigenvalue weighted by molar-refractivity contribution is -0.154. The van der Waals surface area contributed by atoms with Gasteiger partial charge in [-0.25, -0.2) is 0 Å². The number of aromatic nitrogens is 1. The number of rotatable bonds is 2. The van der Waals surface area contributed by atoms with Crippen LogP contribution < -0.4 is 0 Å². The van der Waals surface area contributed by atoms with Crippen LogP contribution in [-0.4, -0.2) is 17.1 Å². The molecule has 3 fully saturated rings. The monoisotopic (exact) mass is 391 g/mol. The van der Waals surface area contributed by atoms with Crippen LogP contribution in [0, 0.1) is 28.6 Å². The summed E-state index contributed by atoms with van der Waals surface area (Å²) in [6, 6.07) is 4.26. The number of esters is 1. The molecule has 4 aliphatic carbocycles. The summed E-state index contributed by atoms with van der Waals surface area (Å²) in [6.45, 7) is 6.56. The molecule has 0 bridgehead atoms. The van der Waals surface area contributed by atoms with Crippen molar-refractivity contribution in [1.82, 2.24) is 4.98 Å². The van der Waals surface area contributed by atoms with Gasteiger partial charge in [0.1, 0.15) is 6.10 Å². The second-order valence-electron chi connectivity index (χ2n) is 10.3. The molecule has 29 heavy (non-hydrogen) atoms. The van der Waals surface area contributed by atoms with Crippen molar-refractivity contribution in [3.8, 4) is 0 Å². The second kappa shape index (κ2) is 6.82. The van der Waals surface area contributed by atoms with Gasteiger partial charge in [0.25, 0.3) is 0 Å². The van der Waals surface area contributed by atoms with E-state index in [1.165, 1.54) is 43.2 Å². The molecule has 6 unspecified atom stereocenters. The van der Waals surface area contributed by atoms with E-state index in [2.05, 4.69) is 43.1 Å². The Morgan fingerprint density at radius 3 is 2.76 bits per heavy atom. The van der Waals surface area contributed by atoms with Crippen molar-refractivity contribution < 1.29 is 9.53 Å². The number of ether oxygens (including phenoxy) is 1. The van der Waals surface area contributed by atoms with Crippen LogP contribution in [0.25, 0.3) is 5.57 Å². The maximum atomic E-state index is 11.4. The highest BCUT2D eigenvalue weighted by Gasteiger charge is 2.56. The van der Waals surface area contributed by atoms with Crippen LogP contribution in [-0.2, 0) is 9.53 Å². The van der Waals surface area contributed by atoms with Crippen LogP contribution in [0.5, 0.6) is 0 Å². The molecule has 0 spiro atoms. The third-order valence-corrected chi connectivity index (χ3v) is 8.97. The van der Waals surface area contributed by atoms with Crippen molar-refractivity contribution in [2.45, 2.75) is 71.8 Å². The van der Waals surface area contributed by atoms with Crippen LogP contribution in [0.1, 0.15) is 71.3 Å². The Kier molecular flexibility index (Phi) is 4.49. The van der Waals surface area contributed by atoms with Crippen LogP contribution in [0.2, 0.25) is 0 Å². The minimum absolute atomic E-state index is 0.120. The molecule has 0 radical (unpaired) electrons. The average molecular weight is 392 g/mol. The van der Waals surface area contributed by atoms with Crippen molar-refractivity contribution >= 4 is 11.5 Å². The highest BCUT2D eigenvalue weighted by molar-refractivity contribution is 5.78. The van der Waals surface area contributed by atoms with Gasteiger partial charge in [0.05, 0.1) is 0 Å². The first kappa shape index (κ1) is 19.1. The van der Waals surface area contributed by atoms with E-state index in [1.54, 1.807) is 12.5 Å². The van der Waals surface area contributed by atoms with E-state index < -0.39 is 0 Å². The number of carbonyl (C=O) groups excluding carboxylic acids is 1. The van der Waals surface area contributed by atoms with Gasteiger partial charge >= 0.3 is 5.97 Å². The topological polar surface area (TPSA) is 39.2 Å². The molecule has 6 atom stereocenters. The number of hydrogen-bond acceptors (Lipinski definition) is 3. The van der Waals surface area contributed by atoms with Crippen molar-refractivity contribution in [2.24, 2.45) is 28.6 Å². The molecule has 1 aromatic heterocycles. The van der Waals surface area contributed by atoms with Gasteiger partial charge < -0.3 is 4.74 Å². The first-order valence-corrected chi connectivity index (χ1v) is 11.4. The molecular formula is C26H33NO2. The Hall–Kier alpha value is -1.90. The van der Waals surface area contributed by atoms with Gasteiger partial charge in [-0.1, -0.05) is 37.6 Å². The van der Waals surface area contributed by atoms with E-state index in [0.29, 0.717) is 17.3 Å². The Morgan fingerprint density at radius 1 is 1.14 bits per heavy atom. The molecule has 5 rings (SSSR count). The largest absolute Gasteiger partial charge is 0.463 e. The van der Waals surface area contributed by atoms with Crippen LogP contribution in [0.15, 0.2) is 42.3 Å². The Labute approximate surface area is 174 Å². The molecular weight excluding hydrogens is 358 g/mol. The molecule has 3 saturated carbocycles. The lowest BCUT2D eigenvalue weighted by Crippen LogP contribution is -2.51. The predicted molar refractivity (Wildman–Crippen MR) is 115 cm³/mol. The maximum Gasteiger partial charge on any atom is 0.302 e. The minimum atomic E-state index is -0.120. The molecule has 0 aliphatic heterocycles. The zero-order chi connectivity index (χ0) is 20.2. The normalized spacial score (nSPS) is 40.8. The Morgan fingerprint density at radius 2 is 2.00 bits per heavy atom. The lowest BCUT2D eigenvalue weighted by atomic mass is 9.46. The third kappa shape index (κ3) is 2.92. The first-order chi connectivity index (χ1) is 13.9. The Bertz CT molecular complexity index is 872. The van der Waals surface area contributed by atoms with E-state index in [4.69, 9.17) is 4.74 Å². The van der Waals surface area contributed by atoms with Gasteiger partial charge in [-0.2, -0.15) is 0 Å². The van der Waals surface area contributed by atoms with Crippen molar-refractivity contribution in [1.29, 1.82) is 0 Å². The standard InChI is InChI=1S/C26H33NO2/c1-17(28)29-20-10-12-25(2)19(15-20)6-7-21-23-9-8-22(18-5-4-14-27-16-18)26(23,3)13-11-24(21)25/h4-5,8-9,14,16,19-21,24H,6-7,10-13,15H2,1-3H3. The minimum Gasteiger partial charge on any atom is -0.463 e. The fraction of sp³-hybridized carbons (Fsp3) is 0.615. The number of carbonyl (C=O) groups is 1. The third-order valence-electron chi connectivity index (χ3n) is 8.97. The highest BCUT2D eigenvalue weighted by atomic mass is 16.5. The summed E-state index contributed by atoms with van der Waals surface area (Å²) in [5, 5.41) is 0. The summed E-state index contributed by atoms with van der Waals surface area (Å²) < 4.78 is 5.61. The summed E-state index contributed by atoms with van der Waals surface area (Å²) in [6.07, 6.45) is 17.2. The van der Waals surface area contributed by atoms with E-state index >= 15 is 0 Å². The van der Waals surface area contributed by atoms with E-state index in [-0.39, 0.29) is 17.5 Å². The smallest absolute Gasteiger partial charge is 0.302 e. The van der Waals surface area contributed by atoms with Crippen LogP contribution >= 0.6 is 0 Å². The SMILES string of the molecule is CC(=O)OC1CCC2(C)C(CCC3C4=CC=C(c5cccnc5)C4(C)CCC32)C1. The number of pyridine rings is 1. The van der Waals surface area contributed by atoms with Crippen LogP contribution in [0.4, 0.5) is 0 Å². The fourth-order valence-electron chi connectivity index (χ4n) is 7.49. The van der Waals surface area contributed by atoms with Crippen molar-refractivity contribution in [2.75, 3.05) is 0 Å². The number of hydrogen-bond donors (Lipinski definition) is 0. The van der Waals surface area contributed by atoms with Gasteiger partial charge in [0.2, 0.25) is 0 Å². The first-order valence-electron chi connectivity index (χ1n) is 11.4. The summed E-state index contributed by atoms with van der Waals surface area (Å²) in [5.41, 5.74) is 4.97. The zero-order valence-corrected chi connectivity index (χ0v) is 18.0. The second-order valence-corrected chi connectivity index (χ2v) is 10.3. The van der Waals surface area contributed by atoms with Gasteiger partial charge in [-0.3, -0.25) is 9.78 Å². The molecule has 1 heterocycles. The maximum absolute atomic E-state index is 11.4. The number of fused-ring (bicyclic) bond motifs is 5. The average Bonchev–Trinajstić information content (AvgIpc) is 3.06. The molecule has 0 aromatic carbocycles. The molecule has 3 nitrogen and oxygen atoms in total. The molecule has 0 saturated heterocycles. The Balaban J connectivity index is 1.38. The van der Waals surface area contributed by atoms with Gasteiger partial charge in [0.15, 0.2) is 0 Å². The lowest BCUT2D eigenvalue weighted by Gasteiger charge is -2.59. The molecule has 1 aromatic rings. The van der Waals surface area contributed by atoms with E-state index in [0.717, 1.165) is 18.8 Å². The molecule has 4 aliphatic rings. The zero-order valence-electron chi connectivity index (χ0n) is 18.0.